The molecule has 1 aliphatic carbocycles. The van der Waals surface area contributed by atoms with Gasteiger partial charge in [0.25, 0.3) is 0 Å². The highest BCUT2D eigenvalue weighted by Gasteiger charge is 2.35. The first kappa shape index (κ1) is 18.5. The van der Waals surface area contributed by atoms with E-state index in [4.69, 9.17) is 0 Å². The molecule has 0 radical (unpaired) electrons. The fourth-order valence-corrected chi connectivity index (χ4v) is 5.37. The highest BCUT2D eigenvalue weighted by molar-refractivity contribution is 7.91. The Morgan fingerprint density at radius 2 is 0.923 bits per heavy atom. The van der Waals surface area contributed by atoms with Crippen molar-refractivity contribution in [2.24, 2.45) is 0 Å². The minimum atomic E-state index is -3.56. The van der Waals surface area contributed by atoms with Crippen molar-refractivity contribution in [2.45, 2.75) is 23.6 Å². The third-order valence-electron chi connectivity index (χ3n) is 4.57. The molecule has 8 heteroatoms. The molecule has 2 aromatic rings. The van der Waals surface area contributed by atoms with Crippen LogP contribution in [0.3, 0.4) is 0 Å². The van der Waals surface area contributed by atoms with Crippen LogP contribution in [0.15, 0.2) is 34.1 Å². The highest BCUT2D eigenvalue weighted by atomic mass is 32.2. The molecule has 1 aliphatic rings. The summed E-state index contributed by atoms with van der Waals surface area (Å²) in [5.41, 5.74) is 0.717. The molecular formula is C18H16O6S2. The lowest BCUT2D eigenvalue weighted by Gasteiger charge is -2.23. The summed E-state index contributed by atoms with van der Waals surface area (Å²) in [6.45, 7) is 2.98. The number of hydrogen-bond donors (Lipinski definition) is 0. The molecule has 0 N–H and O–H groups in total. The quantitative estimate of drug-likeness (QED) is 0.660. The van der Waals surface area contributed by atoms with Gasteiger partial charge in [-0.3, -0.25) is 9.59 Å². The van der Waals surface area contributed by atoms with E-state index in [1.807, 2.05) is 0 Å². The molecular weight excluding hydrogens is 376 g/mol. The fourth-order valence-electron chi connectivity index (χ4n) is 3.42. The van der Waals surface area contributed by atoms with Crippen LogP contribution in [0, 0.1) is 13.8 Å². The van der Waals surface area contributed by atoms with Crippen LogP contribution in [-0.4, -0.2) is 40.9 Å². The van der Waals surface area contributed by atoms with E-state index in [9.17, 15) is 26.4 Å². The molecule has 0 amide bonds. The van der Waals surface area contributed by atoms with Gasteiger partial charge in [0.2, 0.25) is 0 Å². The zero-order valence-electron chi connectivity index (χ0n) is 14.6. The smallest absolute Gasteiger partial charge is 0.194 e. The van der Waals surface area contributed by atoms with Crippen LogP contribution in [-0.2, 0) is 19.7 Å². The minimum absolute atomic E-state index is 0.00896. The van der Waals surface area contributed by atoms with Gasteiger partial charge in [-0.1, -0.05) is 0 Å². The number of hydrogen-bond acceptors (Lipinski definition) is 6. The third-order valence-corrected chi connectivity index (χ3v) is 7.06. The molecule has 0 saturated heterocycles. The van der Waals surface area contributed by atoms with Gasteiger partial charge in [-0.25, -0.2) is 16.8 Å². The van der Waals surface area contributed by atoms with Gasteiger partial charge in [0.05, 0.1) is 9.79 Å². The lowest BCUT2D eigenvalue weighted by Crippen LogP contribution is -2.25. The summed E-state index contributed by atoms with van der Waals surface area (Å²) in [6, 6.07) is 5.23. The summed E-state index contributed by atoms with van der Waals surface area (Å²) in [5.74, 6) is -0.971. The maximum atomic E-state index is 13.0. The Morgan fingerprint density at radius 3 is 1.19 bits per heavy atom. The average Bonchev–Trinajstić information content (AvgIpc) is 2.49. The van der Waals surface area contributed by atoms with Crippen LogP contribution in [0.5, 0.6) is 0 Å². The van der Waals surface area contributed by atoms with Crippen LogP contribution < -0.4 is 0 Å². The van der Waals surface area contributed by atoms with E-state index < -0.39 is 31.2 Å². The van der Waals surface area contributed by atoms with Crippen molar-refractivity contribution in [1.29, 1.82) is 0 Å². The largest absolute Gasteiger partial charge is 0.289 e. The monoisotopic (exact) mass is 392 g/mol. The van der Waals surface area contributed by atoms with Crippen molar-refractivity contribution in [3.05, 3.63) is 57.6 Å². The predicted octanol–water partition coefficient (Wildman–Crippen LogP) is 1.89. The number of fused-ring (bicyclic) bond motifs is 2. The lowest BCUT2D eigenvalue weighted by atomic mass is 9.80. The van der Waals surface area contributed by atoms with Crippen LogP contribution >= 0.6 is 0 Å². The molecule has 0 fully saturated rings. The zero-order chi connectivity index (χ0) is 19.6. The van der Waals surface area contributed by atoms with Crippen LogP contribution in [0.2, 0.25) is 0 Å². The summed E-state index contributed by atoms with van der Waals surface area (Å²) >= 11 is 0. The molecule has 0 bridgehead atoms. The van der Waals surface area contributed by atoms with E-state index in [0.717, 1.165) is 12.5 Å². The number of benzene rings is 2. The molecule has 0 heterocycles. The number of sulfone groups is 2. The van der Waals surface area contributed by atoms with Gasteiger partial charge in [0, 0.05) is 34.8 Å². The Hall–Kier alpha value is -2.32. The van der Waals surface area contributed by atoms with Crippen LogP contribution in [0.25, 0.3) is 0 Å². The second-order valence-electron chi connectivity index (χ2n) is 6.43. The molecule has 136 valence electrons. The van der Waals surface area contributed by atoms with Crippen LogP contribution in [0.4, 0.5) is 0 Å². The molecule has 26 heavy (non-hydrogen) atoms. The molecule has 0 saturated carbocycles. The van der Waals surface area contributed by atoms with Crippen molar-refractivity contribution in [1.82, 2.24) is 0 Å². The Morgan fingerprint density at radius 1 is 0.615 bits per heavy atom. The first-order valence-corrected chi connectivity index (χ1v) is 11.4. The first-order valence-electron chi connectivity index (χ1n) is 7.62. The van der Waals surface area contributed by atoms with E-state index >= 15 is 0 Å². The van der Waals surface area contributed by atoms with E-state index in [1.54, 1.807) is 0 Å². The molecule has 6 nitrogen and oxygen atoms in total. The summed E-state index contributed by atoms with van der Waals surface area (Å²) < 4.78 is 47.7. The van der Waals surface area contributed by atoms with Gasteiger partial charge < -0.3 is 0 Å². The molecule has 0 atom stereocenters. The predicted molar refractivity (Wildman–Crippen MR) is 95.4 cm³/mol. The molecule has 0 aliphatic heterocycles. The normalized spacial score (nSPS) is 14.2. The summed E-state index contributed by atoms with van der Waals surface area (Å²) in [7, 11) is -7.12. The Labute approximate surface area is 151 Å². The van der Waals surface area contributed by atoms with Gasteiger partial charge in [-0.05, 0) is 49.2 Å². The third kappa shape index (κ3) is 2.60. The first-order chi connectivity index (χ1) is 11.9. The van der Waals surface area contributed by atoms with Gasteiger partial charge in [-0.2, -0.15) is 0 Å². The standard InChI is InChI=1S/C18H16O6S2/c1-9-13(25(3,21)22)7-5-11-15(9)17(19)12-6-8-14(26(4,23)24)10(2)16(12)18(11)20/h5-8H,1-4H3. The number of rotatable bonds is 2. The highest BCUT2D eigenvalue weighted by Crippen LogP contribution is 2.35. The number of carbonyl (C=O) groups is 2. The number of carbonyl (C=O) groups excluding carboxylic acids is 2. The number of ketones is 2. The lowest BCUT2D eigenvalue weighted by molar-refractivity contribution is 0.0977. The Balaban J connectivity index is 2.38. The van der Waals surface area contributed by atoms with Gasteiger partial charge in [0.1, 0.15) is 0 Å². The maximum Gasteiger partial charge on any atom is 0.194 e. The van der Waals surface area contributed by atoms with E-state index in [-0.39, 0.29) is 43.2 Å². The maximum absolute atomic E-state index is 13.0. The molecule has 0 aromatic heterocycles. The molecule has 0 unspecified atom stereocenters. The average molecular weight is 392 g/mol. The van der Waals surface area contributed by atoms with E-state index in [2.05, 4.69) is 0 Å². The summed E-state index contributed by atoms with van der Waals surface area (Å²) in [6.07, 6.45) is 2.07. The van der Waals surface area contributed by atoms with Crippen molar-refractivity contribution >= 4 is 31.2 Å². The zero-order valence-corrected chi connectivity index (χ0v) is 16.2. The fraction of sp³-hybridized carbons (Fsp3) is 0.222. The van der Waals surface area contributed by atoms with Gasteiger partial charge in [0.15, 0.2) is 31.2 Å². The van der Waals surface area contributed by atoms with Gasteiger partial charge in [-0.15, -0.1) is 0 Å². The van der Waals surface area contributed by atoms with Crippen molar-refractivity contribution < 1.29 is 26.4 Å². The summed E-state index contributed by atoms with van der Waals surface area (Å²) in [5, 5.41) is 0. The second kappa shape index (κ2) is 5.59. The summed E-state index contributed by atoms with van der Waals surface area (Å²) in [4.78, 5) is 25.9. The van der Waals surface area contributed by atoms with Crippen molar-refractivity contribution in [3.8, 4) is 0 Å². The molecule has 2 aromatic carbocycles. The SMILES string of the molecule is Cc1c(S(C)(=O)=O)ccc2c1C(=O)c1ccc(S(C)(=O)=O)c(C)c1C2=O. The van der Waals surface area contributed by atoms with Crippen molar-refractivity contribution in [3.63, 3.8) is 0 Å². The van der Waals surface area contributed by atoms with Crippen LogP contribution in [0.1, 0.15) is 43.0 Å². The molecule has 3 rings (SSSR count). The second-order valence-corrected chi connectivity index (χ2v) is 10.4. The van der Waals surface area contributed by atoms with E-state index in [0.29, 0.717) is 0 Å². The topological polar surface area (TPSA) is 102 Å². The van der Waals surface area contributed by atoms with Gasteiger partial charge >= 0.3 is 0 Å². The van der Waals surface area contributed by atoms with Crippen molar-refractivity contribution in [2.75, 3.05) is 12.5 Å². The Kier molecular flexibility index (Phi) is 3.97. The Bertz CT molecular complexity index is 1120. The van der Waals surface area contributed by atoms with E-state index in [1.165, 1.54) is 38.1 Å². The minimum Gasteiger partial charge on any atom is -0.289 e. The molecule has 0 spiro atoms.